The Labute approximate surface area is 85.7 Å². The molecule has 0 radical (unpaired) electrons. The molecule has 0 amide bonds. The third kappa shape index (κ3) is 2.70. The summed E-state index contributed by atoms with van der Waals surface area (Å²) in [5, 5.41) is 3.86. The van der Waals surface area contributed by atoms with Crippen molar-refractivity contribution in [3.05, 3.63) is 26.5 Å². The predicted molar refractivity (Wildman–Crippen MR) is 53.8 cm³/mol. The third-order valence-electron chi connectivity index (χ3n) is 1.81. The number of rotatable bonds is 4. The van der Waals surface area contributed by atoms with E-state index in [-0.39, 0.29) is 0 Å². The van der Waals surface area contributed by atoms with E-state index in [1.54, 1.807) is 6.92 Å². The van der Waals surface area contributed by atoms with Crippen molar-refractivity contribution in [2.45, 2.75) is 26.3 Å². The standard InChI is InChI=1S/C8H12ClN3O2/c1-6-7(13)10-8(14)12(11-6)5-3-2-4-9/h2-5H2,1H3,(H,10,13,14). The molecule has 0 atom stereocenters. The molecule has 1 aromatic heterocycles. The maximum atomic E-state index is 11.2. The molecule has 78 valence electrons. The first-order valence-corrected chi connectivity index (χ1v) is 4.92. The average molecular weight is 218 g/mol. The monoisotopic (exact) mass is 217 g/mol. The molecule has 0 fully saturated rings. The van der Waals surface area contributed by atoms with E-state index in [2.05, 4.69) is 10.1 Å². The van der Waals surface area contributed by atoms with Crippen molar-refractivity contribution in [3.8, 4) is 0 Å². The molecule has 6 heteroatoms. The first kappa shape index (κ1) is 11.0. The first-order valence-electron chi connectivity index (χ1n) is 4.39. The number of hydrogen-bond donors (Lipinski definition) is 1. The second-order valence-corrected chi connectivity index (χ2v) is 3.34. The van der Waals surface area contributed by atoms with Crippen LogP contribution in [0.3, 0.4) is 0 Å². The molecule has 0 aliphatic rings. The fraction of sp³-hybridized carbons (Fsp3) is 0.625. The fourth-order valence-electron chi connectivity index (χ4n) is 1.03. The van der Waals surface area contributed by atoms with Gasteiger partial charge in [0.05, 0.1) is 0 Å². The molecule has 0 saturated carbocycles. The Morgan fingerprint density at radius 2 is 2.14 bits per heavy atom. The summed E-state index contributed by atoms with van der Waals surface area (Å²) in [6.45, 7) is 2.06. The zero-order valence-electron chi connectivity index (χ0n) is 7.92. The van der Waals surface area contributed by atoms with E-state index in [1.165, 1.54) is 4.68 Å². The Balaban J connectivity index is 2.82. The van der Waals surface area contributed by atoms with Crippen molar-refractivity contribution in [1.29, 1.82) is 0 Å². The number of alkyl halides is 1. The van der Waals surface area contributed by atoms with E-state index in [1.807, 2.05) is 0 Å². The largest absolute Gasteiger partial charge is 0.344 e. The molecule has 0 aromatic carbocycles. The van der Waals surface area contributed by atoms with Crippen molar-refractivity contribution in [2.75, 3.05) is 5.88 Å². The van der Waals surface area contributed by atoms with E-state index in [0.717, 1.165) is 12.8 Å². The van der Waals surface area contributed by atoms with Gasteiger partial charge >= 0.3 is 5.69 Å². The molecular weight excluding hydrogens is 206 g/mol. The number of aryl methyl sites for hydroxylation is 2. The fourth-order valence-corrected chi connectivity index (χ4v) is 1.22. The van der Waals surface area contributed by atoms with Gasteiger partial charge in [-0.15, -0.1) is 11.6 Å². The summed E-state index contributed by atoms with van der Waals surface area (Å²) in [5.74, 6) is 0.567. The Bertz CT molecular complexity index is 410. The van der Waals surface area contributed by atoms with E-state index >= 15 is 0 Å². The number of aromatic amines is 1. The highest BCUT2D eigenvalue weighted by molar-refractivity contribution is 6.17. The molecule has 5 nitrogen and oxygen atoms in total. The minimum Gasteiger partial charge on any atom is -0.271 e. The van der Waals surface area contributed by atoms with Gasteiger partial charge in [0.25, 0.3) is 5.56 Å². The van der Waals surface area contributed by atoms with Crippen LogP contribution in [0.1, 0.15) is 18.5 Å². The molecule has 0 unspecified atom stereocenters. The van der Waals surface area contributed by atoms with Gasteiger partial charge < -0.3 is 0 Å². The van der Waals surface area contributed by atoms with Gasteiger partial charge in [-0.1, -0.05) is 0 Å². The Hall–Kier alpha value is -1.10. The second kappa shape index (κ2) is 4.95. The Morgan fingerprint density at radius 1 is 1.43 bits per heavy atom. The third-order valence-corrected chi connectivity index (χ3v) is 2.08. The highest BCUT2D eigenvalue weighted by Gasteiger charge is 2.01. The van der Waals surface area contributed by atoms with Gasteiger partial charge in [-0.3, -0.25) is 9.78 Å². The average Bonchev–Trinajstić information content (AvgIpc) is 2.14. The van der Waals surface area contributed by atoms with Crippen molar-refractivity contribution in [1.82, 2.24) is 14.8 Å². The van der Waals surface area contributed by atoms with Crippen LogP contribution in [0.2, 0.25) is 0 Å². The predicted octanol–water partition coefficient (Wildman–Crippen LogP) is 0.259. The molecule has 0 spiro atoms. The van der Waals surface area contributed by atoms with E-state index in [4.69, 9.17) is 11.6 Å². The summed E-state index contributed by atoms with van der Waals surface area (Å²) in [6, 6.07) is 0. The molecular formula is C8H12ClN3O2. The van der Waals surface area contributed by atoms with E-state index in [0.29, 0.717) is 18.1 Å². The van der Waals surface area contributed by atoms with Crippen LogP contribution < -0.4 is 11.2 Å². The maximum absolute atomic E-state index is 11.2. The van der Waals surface area contributed by atoms with Crippen LogP contribution >= 0.6 is 11.6 Å². The van der Waals surface area contributed by atoms with Crippen molar-refractivity contribution < 1.29 is 0 Å². The van der Waals surface area contributed by atoms with Crippen LogP contribution in [-0.4, -0.2) is 20.6 Å². The SMILES string of the molecule is Cc1nn(CCCCCl)c(=O)[nH]c1=O. The zero-order valence-corrected chi connectivity index (χ0v) is 8.67. The lowest BCUT2D eigenvalue weighted by atomic mass is 10.3. The van der Waals surface area contributed by atoms with Crippen LogP contribution in [-0.2, 0) is 6.54 Å². The van der Waals surface area contributed by atoms with Gasteiger partial charge in [0.1, 0.15) is 5.69 Å². The van der Waals surface area contributed by atoms with Crippen molar-refractivity contribution in [3.63, 3.8) is 0 Å². The van der Waals surface area contributed by atoms with Gasteiger partial charge in [0, 0.05) is 12.4 Å². The van der Waals surface area contributed by atoms with Crippen LogP contribution in [0.25, 0.3) is 0 Å². The lowest BCUT2D eigenvalue weighted by Gasteiger charge is -2.02. The minimum absolute atomic E-state index is 0.301. The molecule has 0 aliphatic carbocycles. The second-order valence-electron chi connectivity index (χ2n) is 2.96. The van der Waals surface area contributed by atoms with Gasteiger partial charge in [-0.2, -0.15) is 5.10 Å². The Kier molecular flexibility index (Phi) is 3.88. The molecule has 1 N–H and O–H groups in total. The van der Waals surface area contributed by atoms with E-state index in [9.17, 15) is 9.59 Å². The molecule has 0 saturated heterocycles. The highest BCUT2D eigenvalue weighted by atomic mass is 35.5. The zero-order chi connectivity index (χ0) is 10.6. The van der Waals surface area contributed by atoms with Crippen LogP contribution in [0.5, 0.6) is 0 Å². The summed E-state index contributed by atoms with van der Waals surface area (Å²) < 4.78 is 1.25. The van der Waals surface area contributed by atoms with Crippen LogP contribution in [0, 0.1) is 6.92 Å². The van der Waals surface area contributed by atoms with Gasteiger partial charge in [0.15, 0.2) is 0 Å². The van der Waals surface area contributed by atoms with Crippen LogP contribution in [0.4, 0.5) is 0 Å². The quantitative estimate of drug-likeness (QED) is 0.581. The van der Waals surface area contributed by atoms with Gasteiger partial charge in [-0.25, -0.2) is 9.48 Å². The molecule has 1 rings (SSSR count). The summed E-state index contributed by atoms with van der Waals surface area (Å²) in [7, 11) is 0. The molecule has 0 aliphatic heterocycles. The minimum atomic E-state index is -0.463. The maximum Gasteiger partial charge on any atom is 0.344 e. The molecule has 1 aromatic rings. The normalized spacial score (nSPS) is 10.4. The number of unbranched alkanes of at least 4 members (excludes halogenated alkanes) is 1. The first-order chi connectivity index (χ1) is 6.65. The van der Waals surface area contributed by atoms with Crippen molar-refractivity contribution in [2.24, 2.45) is 0 Å². The molecule has 14 heavy (non-hydrogen) atoms. The van der Waals surface area contributed by atoms with Crippen LogP contribution in [0.15, 0.2) is 9.59 Å². The van der Waals surface area contributed by atoms with Crippen molar-refractivity contribution >= 4 is 11.6 Å². The topological polar surface area (TPSA) is 67.8 Å². The summed E-state index contributed by atoms with van der Waals surface area (Å²) in [5.41, 5.74) is -0.589. The molecule has 0 bridgehead atoms. The van der Waals surface area contributed by atoms with Gasteiger partial charge in [0.2, 0.25) is 0 Å². The smallest absolute Gasteiger partial charge is 0.271 e. The number of nitrogens with zero attached hydrogens (tertiary/aromatic N) is 2. The van der Waals surface area contributed by atoms with E-state index < -0.39 is 11.2 Å². The number of aromatic nitrogens is 3. The number of halogens is 1. The lowest BCUT2D eigenvalue weighted by molar-refractivity contribution is 0.518. The summed E-state index contributed by atoms with van der Waals surface area (Å²) >= 11 is 5.50. The van der Waals surface area contributed by atoms with Gasteiger partial charge in [-0.05, 0) is 19.8 Å². The Morgan fingerprint density at radius 3 is 2.79 bits per heavy atom. The number of H-pyrrole nitrogens is 1. The number of hydrogen-bond acceptors (Lipinski definition) is 3. The summed E-state index contributed by atoms with van der Waals surface area (Å²) in [6.07, 6.45) is 1.61. The lowest BCUT2D eigenvalue weighted by Crippen LogP contribution is -2.33. The number of nitrogens with one attached hydrogen (secondary N) is 1. The highest BCUT2D eigenvalue weighted by Crippen LogP contribution is 1.92. The molecule has 1 heterocycles. The summed E-state index contributed by atoms with van der Waals surface area (Å²) in [4.78, 5) is 24.4.